The Morgan fingerprint density at radius 1 is 0.446 bits per heavy atom. The molecule has 26 heteroatoms. The Labute approximate surface area is 382 Å². The number of β-amino-alcohol motifs (C(OH)–C–C–N with tert-alkyl or cyclic N) is 2. The van der Waals surface area contributed by atoms with Crippen molar-refractivity contribution in [1.29, 1.82) is 0 Å². The minimum absolute atomic E-state index is 0.0152. The quantitative estimate of drug-likeness (QED) is 0.0389. The molecular weight excluding hydrogens is 879 g/mol. The van der Waals surface area contributed by atoms with Crippen LogP contribution < -0.4 is 0 Å². The van der Waals surface area contributed by atoms with Gasteiger partial charge >= 0.3 is 37.4 Å². The van der Waals surface area contributed by atoms with E-state index in [9.17, 15) is 74.1 Å². The maximum atomic E-state index is 12.3. The molecule has 2 atom stereocenters. The molecule has 2 fully saturated rings. The van der Waals surface area contributed by atoms with Gasteiger partial charge in [-0.15, -0.1) is 0 Å². The lowest BCUT2D eigenvalue weighted by Crippen LogP contribution is -2.50. The number of carboxylic acid groups (broad SMARTS) is 5. The van der Waals surface area contributed by atoms with Crippen LogP contribution >= 0.6 is 7.60 Å². The number of aliphatic hydroxyl groups excluding tert-OH is 2. The van der Waals surface area contributed by atoms with Crippen molar-refractivity contribution in [3.05, 3.63) is 0 Å². The topological polar surface area (TPSA) is 317 Å². The lowest BCUT2D eigenvalue weighted by atomic mass is 10.2. The summed E-state index contributed by atoms with van der Waals surface area (Å²) >= 11 is 0. The van der Waals surface area contributed by atoms with E-state index in [1.54, 1.807) is 14.7 Å². The molecule has 0 saturated carbocycles. The first-order valence-electron chi connectivity index (χ1n) is 22.4. The molecule has 25 nitrogen and oxygen atoms in total. The summed E-state index contributed by atoms with van der Waals surface area (Å²) < 4.78 is 12.3. The zero-order valence-corrected chi connectivity index (χ0v) is 39.2. The molecule has 9 N–H and O–H groups in total. The number of likely N-dealkylation sites (N-methyl/N-ethyl adjacent to an activating group) is 2. The van der Waals surface area contributed by atoms with Crippen molar-refractivity contribution in [1.82, 2.24) is 49.0 Å². The molecule has 65 heavy (non-hydrogen) atoms. The Morgan fingerprint density at radius 3 is 0.938 bits per heavy atom. The van der Waals surface area contributed by atoms with Crippen molar-refractivity contribution in [2.45, 2.75) is 26.1 Å². The number of hydrogen-bond donors (Lipinski definition) is 9. The van der Waals surface area contributed by atoms with Gasteiger partial charge in [-0.3, -0.25) is 72.6 Å². The molecule has 2 unspecified atom stereocenters. The molecule has 0 spiro atoms. The Morgan fingerprint density at radius 2 is 0.692 bits per heavy atom. The third-order valence-electron chi connectivity index (χ3n) is 11.5. The van der Waals surface area contributed by atoms with E-state index >= 15 is 0 Å². The zero-order valence-electron chi connectivity index (χ0n) is 38.3. The lowest BCUT2D eigenvalue weighted by Gasteiger charge is -2.35. The number of rotatable bonds is 25. The van der Waals surface area contributed by atoms with E-state index in [0.29, 0.717) is 58.9 Å². The summed E-state index contributed by atoms with van der Waals surface area (Å²) in [4.78, 5) is 96.2. The monoisotopic (exact) mass is 957 g/mol. The molecule has 2 aliphatic heterocycles. The van der Waals surface area contributed by atoms with Gasteiger partial charge < -0.3 is 50.4 Å². The van der Waals surface area contributed by atoms with Crippen LogP contribution in [0, 0.1) is 0 Å². The fraction of sp³-hybridized carbons (Fsp3) is 0.872. The normalized spacial score (nSPS) is 20.4. The summed E-state index contributed by atoms with van der Waals surface area (Å²) in [7, 11) is -4.61. The molecule has 0 bridgehead atoms. The smallest absolute Gasteiger partial charge is 0.339 e. The van der Waals surface area contributed by atoms with Crippen LogP contribution in [0.15, 0.2) is 0 Å². The fourth-order valence-electron chi connectivity index (χ4n) is 8.03. The third kappa shape index (κ3) is 28.1. The van der Waals surface area contributed by atoms with Crippen LogP contribution in [0.3, 0.4) is 0 Å². The van der Waals surface area contributed by atoms with E-state index in [2.05, 4.69) is 4.90 Å². The second-order valence-electron chi connectivity index (χ2n) is 17.0. The first-order chi connectivity index (χ1) is 30.6. The van der Waals surface area contributed by atoms with Crippen LogP contribution in [0.1, 0.15) is 13.8 Å². The summed E-state index contributed by atoms with van der Waals surface area (Å²) in [6, 6.07) is 0. The van der Waals surface area contributed by atoms with Crippen LogP contribution in [0.4, 0.5) is 0 Å². The molecule has 0 aliphatic carbocycles. The Balaban J connectivity index is 2.15. The van der Waals surface area contributed by atoms with Crippen LogP contribution in [0.5, 0.6) is 0 Å². The number of aliphatic hydroxyl groups is 2. The SMILES string of the molecule is CCN1CCN(CC(=O)O)CCN(CC(O)CN(CC)CCN(CC(O)CN2CCN(CC(=O)O)CCN(CC(=O)O)CCN(CC(=O)O)CC2)CP(=O)(O)O)CCN(CC(=O)O)CC1. The molecule has 0 amide bonds. The fourth-order valence-corrected chi connectivity index (χ4v) is 8.81. The highest BCUT2D eigenvalue weighted by atomic mass is 31.2. The van der Waals surface area contributed by atoms with Crippen molar-refractivity contribution in [3.63, 3.8) is 0 Å². The van der Waals surface area contributed by atoms with Crippen LogP contribution in [0.2, 0.25) is 0 Å². The minimum Gasteiger partial charge on any atom is -0.480 e. The highest BCUT2D eigenvalue weighted by molar-refractivity contribution is 7.51. The van der Waals surface area contributed by atoms with Gasteiger partial charge in [-0.05, 0) is 13.1 Å². The average Bonchev–Trinajstić information content (AvgIpc) is 3.18. The van der Waals surface area contributed by atoms with Crippen LogP contribution in [-0.2, 0) is 28.5 Å². The van der Waals surface area contributed by atoms with Crippen molar-refractivity contribution in [2.75, 3.05) is 196 Å². The lowest BCUT2D eigenvalue weighted by molar-refractivity contribution is -0.140. The average molecular weight is 957 g/mol. The first kappa shape index (κ1) is 58.1. The van der Waals surface area contributed by atoms with Gasteiger partial charge in [0.2, 0.25) is 0 Å². The van der Waals surface area contributed by atoms with Gasteiger partial charge in [0.15, 0.2) is 0 Å². The zero-order chi connectivity index (χ0) is 48.5. The van der Waals surface area contributed by atoms with Gasteiger partial charge in [0.05, 0.1) is 44.9 Å². The predicted octanol–water partition coefficient (Wildman–Crippen LogP) is -4.65. The molecule has 0 radical (unpaired) electrons. The Bertz CT molecular complexity index is 1420. The summed E-state index contributed by atoms with van der Waals surface area (Å²) in [6.07, 6.45) is -2.68. The van der Waals surface area contributed by atoms with E-state index in [-0.39, 0.29) is 124 Å². The number of carbonyl (C=O) groups is 5. The maximum Gasteiger partial charge on any atom is 0.339 e. The van der Waals surface area contributed by atoms with E-state index in [1.807, 2.05) is 38.3 Å². The van der Waals surface area contributed by atoms with Crippen molar-refractivity contribution in [3.8, 4) is 0 Å². The van der Waals surface area contributed by atoms with Gasteiger partial charge in [-0.1, -0.05) is 13.8 Å². The summed E-state index contributed by atoms with van der Waals surface area (Å²) in [5, 5.41) is 70.4. The summed E-state index contributed by atoms with van der Waals surface area (Å²) in [6.45, 7) is 10.3. The van der Waals surface area contributed by atoms with Gasteiger partial charge in [0.1, 0.15) is 6.29 Å². The molecule has 0 aromatic rings. The van der Waals surface area contributed by atoms with Crippen LogP contribution in [-0.4, -0.2) is 333 Å². The predicted molar refractivity (Wildman–Crippen MR) is 238 cm³/mol. The van der Waals surface area contributed by atoms with Gasteiger partial charge in [-0.25, -0.2) is 0 Å². The van der Waals surface area contributed by atoms with E-state index in [0.717, 1.165) is 6.54 Å². The van der Waals surface area contributed by atoms with Crippen LogP contribution in [0.25, 0.3) is 0 Å². The molecule has 2 heterocycles. The molecule has 2 saturated heterocycles. The molecular formula is C39H77N10O15P. The second-order valence-corrected chi connectivity index (χ2v) is 18.6. The standard InChI is InChI=1S/C39H77N10O15P/c1-3-40-5-8-44(27-35(52)53)14-10-42(11-15-45(9-6-40)28-36(54)55)24-33(50)23-41(4-2)7-22-49(32-65(62,63)64)26-34(51)25-43-12-16-46(29-37(56)57)18-20-48(31-39(60)61)21-19-47(17-13-43)30-38(58)59/h33-34,50-51H,3-32H2,1-2H3,(H,52,53)(H,54,55)(H,56,57)(H,58,59)(H,60,61)(H2,62,63,64). The largest absolute Gasteiger partial charge is 0.480 e. The minimum atomic E-state index is -4.61. The third-order valence-corrected chi connectivity index (χ3v) is 12.3. The van der Waals surface area contributed by atoms with Crippen molar-refractivity contribution < 1.29 is 74.1 Å². The van der Waals surface area contributed by atoms with Crippen molar-refractivity contribution in [2.24, 2.45) is 0 Å². The molecule has 2 rings (SSSR count). The molecule has 0 aromatic heterocycles. The second kappa shape index (κ2) is 31.1. The summed E-state index contributed by atoms with van der Waals surface area (Å²) in [5.74, 6) is -5.12. The Hall–Kier alpha value is -2.98. The number of nitrogens with zero attached hydrogens (tertiary/aromatic N) is 10. The molecule has 0 aromatic carbocycles. The molecule has 2 aliphatic rings. The van der Waals surface area contributed by atoms with E-state index in [1.165, 1.54) is 4.90 Å². The number of aliphatic carboxylic acids is 5. The van der Waals surface area contributed by atoms with Gasteiger partial charge in [0.25, 0.3) is 0 Å². The highest BCUT2D eigenvalue weighted by Crippen LogP contribution is 2.35. The van der Waals surface area contributed by atoms with E-state index in [4.69, 9.17) is 0 Å². The van der Waals surface area contributed by atoms with Gasteiger partial charge in [-0.2, -0.15) is 0 Å². The number of hydrogen-bond acceptors (Lipinski definition) is 18. The first-order valence-corrected chi connectivity index (χ1v) is 24.2. The van der Waals surface area contributed by atoms with Crippen molar-refractivity contribution >= 4 is 37.4 Å². The van der Waals surface area contributed by atoms with E-state index < -0.39 is 55.9 Å². The van der Waals surface area contributed by atoms with Gasteiger partial charge in [0, 0.05) is 144 Å². The maximum absolute atomic E-state index is 12.3. The summed E-state index contributed by atoms with van der Waals surface area (Å²) in [5.41, 5.74) is 0. The molecule has 378 valence electrons. The highest BCUT2D eigenvalue weighted by Gasteiger charge is 2.27. The Kier molecular flexibility index (Phi) is 27.9. The number of carboxylic acids is 5.